The Morgan fingerprint density at radius 2 is 1.90 bits per heavy atom. The molecule has 6 fully saturated rings. The molecular weight excluding hydrogens is 536 g/mol. The number of hydrogen-bond acceptors (Lipinski definition) is 11. The van der Waals surface area contributed by atoms with Gasteiger partial charge in [-0.15, -0.1) is 0 Å². The van der Waals surface area contributed by atoms with E-state index in [2.05, 4.69) is 0 Å². The minimum atomic E-state index is -1.82. The van der Waals surface area contributed by atoms with Crippen molar-refractivity contribution in [3.8, 4) is 0 Å². The maximum atomic E-state index is 14.3. The minimum absolute atomic E-state index is 0.0825. The molecule has 3 saturated carbocycles. The van der Waals surface area contributed by atoms with Gasteiger partial charge in [0.25, 0.3) is 0 Å². The van der Waals surface area contributed by atoms with Gasteiger partial charge in [0.15, 0.2) is 5.78 Å². The van der Waals surface area contributed by atoms with Crippen LogP contribution in [-0.4, -0.2) is 101 Å². The van der Waals surface area contributed by atoms with Gasteiger partial charge in [-0.2, -0.15) is 0 Å². The summed E-state index contributed by atoms with van der Waals surface area (Å²) in [6.07, 6.45) is 0.648. The molecule has 3 N–H and O–H groups in total. The molecule has 2 unspecified atom stereocenters. The summed E-state index contributed by atoms with van der Waals surface area (Å²) in [5.41, 5.74) is -3.16. The lowest BCUT2D eigenvalue weighted by molar-refractivity contribution is -0.450. The number of fused-ring (bicyclic) bond motifs is 5. The highest BCUT2D eigenvalue weighted by atomic mass is 16.8. The molecule has 1 spiro atoms. The zero-order chi connectivity index (χ0) is 28.9. The van der Waals surface area contributed by atoms with Crippen molar-refractivity contribution in [2.45, 2.75) is 113 Å². The lowest BCUT2D eigenvalue weighted by Gasteiger charge is -2.62. The number of methoxy groups -OCH3 is 1. The van der Waals surface area contributed by atoms with Crippen molar-refractivity contribution >= 4 is 11.8 Å². The topological polar surface area (TPSA) is 154 Å². The molecule has 8 rings (SSSR count). The van der Waals surface area contributed by atoms with Gasteiger partial charge in [-0.25, -0.2) is 4.79 Å². The van der Waals surface area contributed by atoms with E-state index in [1.54, 1.807) is 6.92 Å². The number of aliphatic hydroxyl groups excluding tert-OH is 1. The molecule has 11 nitrogen and oxygen atoms in total. The maximum absolute atomic E-state index is 14.3. The Kier molecular flexibility index (Phi) is 5.29. The predicted octanol–water partition coefficient (Wildman–Crippen LogP) is 0.677. The second-order valence-electron chi connectivity index (χ2n) is 13.9. The van der Waals surface area contributed by atoms with Crippen LogP contribution in [0, 0.1) is 22.7 Å². The SMILES string of the molecule is CO[C@@H]1C[C@@H](C)O[C@H]2O[C@@H]3C=C4C[C@@H]5O[C@]56C([C@H](O)C(=O)[C@]5(C)[C@@H](C7=CC(=O)OC7)CC[C@]65O)[C@@]4(C)CC3O[C@]21O. The third-order valence-corrected chi connectivity index (χ3v) is 12.2. The zero-order valence-electron chi connectivity index (χ0n) is 23.7. The molecule has 0 amide bonds. The maximum Gasteiger partial charge on any atom is 0.331 e. The minimum Gasteiger partial charge on any atom is -0.458 e. The van der Waals surface area contributed by atoms with Gasteiger partial charge >= 0.3 is 5.97 Å². The summed E-state index contributed by atoms with van der Waals surface area (Å²) in [7, 11) is 1.52. The molecule has 0 aromatic heterocycles. The molecule has 0 aromatic rings. The van der Waals surface area contributed by atoms with Crippen LogP contribution in [0.2, 0.25) is 0 Å². The van der Waals surface area contributed by atoms with Gasteiger partial charge in [0.1, 0.15) is 36.1 Å². The summed E-state index contributed by atoms with van der Waals surface area (Å²) in [5, 5.41) is 36.1. The average molecular weight is 575 g/mol. The van der Waals surface area contributed by atoms with Crippen LogP contribution in [0.1, 0.15) is 52.9 Å². The Bertz CT molecular complexity index is 1290. The largest absolute Gasteiger partial charge is 0.458 e. The molecule has 224 valence electrons. The number of Topliss-reactive ketones (excluding diaryl/α,β-unsaturated/α-hetero) is 1. The van der Waals surface area contributed by atoms with Gasteiger partial charge in [-0.05, 0) is 56.4 Å². The lowest BCUT2D eigenvalue weighted by Crippen LogP contribution is -2.75. The Balaban J connectivity index is 1.18. The zero-order valence-corrected chi connectivity index (χ0v) is 23.7. The van der Waals surface area contributed by atoms with E-state index < -0.39 is 82.1 Å². The Morgan fingerprint density at radius 1 is 1.12 bits per heavy atom. The van der Waals surface area contributed by atoms with Gasteiger partial charge < -0.3 is 43.7 Å². The van der Waals surface area contributed by atoms with Crippen LogP contribution in [0.5, 0.6) is 0 Å². The summed E-state index contributed by atoms with van der Waals surface area (Å²) in [6.45, 7) is 5.69. The summed E-state index contributed by atoms with van der Waals surface area (Å²) in [4.78, 5) is 26.2. The first-order valence-corrected chi connectivity index (χ1v) is 14.8. The fraction of sp³-hybridized carbons (Fsp3) is 0.800. The molecule has 11 heteroatoms. The molecule has 4 heterocycles. The molecule has 3 saturated heterocycles. The van der Waals surface area contributed by atoms with Crippen LogP contribution < -0.4 is 0 Å². The van der Waals surface area contributed by atoms with Gasteiger partial charge in [-0.3, -0.25) is 4.79 Å². The van der Waals surface area contributed by atoms with Crippen molar-refractivity contribution in [2.24, 2.45) is 22.7 Å². The summed E-state index contributed by atoms with van der Waals surface area (Å²) in [6, 6.07) is 0. The van der Waals surface area contributed by atoms with Crippen molar-refractivity contribution in [2.75, 3.05) is 13.7 Å². The van der Waals surface area contributed by atoms with Crippen molar-refractivity contribution in [1.82, 2.24) is 0 Å². The number of aliphatic hydroxyl groups is 3. The van der Waals surface area contributed by atoms with E-state index >= 15 is 0 Å². The molecule has 14 atom stereocenters. The predicted molar refractivity (Wildman–Crippen MR) is 137 cm³/mol. The molecule has 4 aliphatic heterocycles. The van der Waals surface area contributed by atoms with Crippen molar-refractivity contribution in [3.63, 3.8) is 0 Å². The Hall–Kier alpha value is -1.70. The highest BCUT2D eigenvalue weighted by Crippen LogP contribution is 2.76. The number of cyclic esters (lactones) is 1. The van der Waals surface area contributed by atoms with Crippen LogP contribution in [0.3, 0.4) is 0 Å². The number of esters is 1. The Labute approximate surface area is 237 Å². The van der Waals surface area contributed by atoms with E-state index in [4.69, 9.17) is 28.4 Å². The third-order valence-electron chi connectivity index (χ3n) is 12.2. The average Bonchev–Trinajstić information content (AvgIpc) is 3.36. The number of carbonyl (C=O) groups is 2. The fourth-order valence-electron chi connectivity index (χ4n) is 10.2. The Morgan fingerprint density at radius 3 is 2.61 bits per heavy atom. The molecule has 8 aliphatic rings. The number of ether oxygens (including phenoxy) is 6. The smallest absolute Gasteiger partial charge is 0.331 e. The number of rotatable bonds is 2. The van der Waals surface area contributed by atoms with Gasteiger partial charge in [0.05, 0.1) is 23.7 Å². The van der Waals surface area contributed by atoms with E-state index in [-0.39, 0.29) is 18.8 Å². The monoisotopic (exact) mass is 574 g/mol. The van der Waals surface area contributed by atoms with Crippen molar-refractivity contribution in [1.29, 1.82) is 0 Å². The van der Waals surface area contributed by atoms with Crippen LogP contribution in [0.25, 0.3) is 0 Å². The molecule has 4 aliphatic carbocycles. The quantitative estimate of drug-likeness (QED) is 0.242. The van der Waals surface area contributed by atoms with E-state index in [1.165, 1.54) is 13.2 Å². The first-order valence-electron chi connectivity index (χ1n) is 14.8. The van der Waals surface area contributed by atoms with Crippen LogP contribution in [0.4, 0.5) is 0 Å². The van der Waals surface area contributed by atoms with Crippen molar-refractivity contribution < 1.29 is 53.3 Å². The summed E-state index contributed by atoms with van der Waals surface area (Å²) >= 11 is 0. The second-order valence-corrected chi connectivity index (χ2v) is 13.9. The number of hydrogen-bond donors (Lipinski definition) is 3. The standard InChI is InChI=1S/C30H38O11/c1-13-7-20(36-4)30(35)25(38-13)39-17-9-15-10-19-29(41-19)23(26(15,2)11-18(17)40-30)22(32)24(33)27(3)16(5-6-28(27,29)34)14-8-21(31)37-12-14/h8-9,13,16-20,22-23,25,32,34-35H,5-7,10-12H2,1-4H3/t13-,16-,17-,18?,19+,20-,22+,23?,25+,26+,27+,28-,29+,30+/m1/s1. The fourth-order valence-corrected chi connectivity index (χ4v) is 10.2. The molecule has 41 heavy (non-hydrogen) atoms. The molecule has 0 bridgehead atoms. The van der Waals surface area contributed by atoms with Crippen LogP contribution >= 0.6 is 0 Å². The first kappa shape index (κ1) is 26.9. The summed E-state index contributed by atoms with van der Waals surface area (Å²) < 4.78 is 35.8. The van der Waals surface area contributed by atoms with Gasteiger partial charge in [-0.1, -0.05) is 18.6 Å². The highest BCUT2D eigenvalue weighted by molar-refractivity contribution is 5.94. The van der Waals surface area contributed by atoms with Crippen molar-refractivity contribution in [3.05, 3.63) is 23.3 Å². The number of ketones is 1. The van der Waals surface area contributed by atoms with Crippen LogP contribution in [-0.2, 0) is 38.0 Å². The first-order chi connectivity index (χ1) is 19.3. The third kappa shape index (κ3) is 2.97. The van der Waals surface area contributed by atoms with Crippen LogP contribution in [0.15, 0.2) is 23.3 Å². The molecule has 0 aromatic carbocycles. The normalized spacial score (nSPS) is 58.6. The van der Waals surface area contributed by atoms with E-state index in [0.717, 1.165) is 5.57 Å². The van der Waals surface area contributed by atoms with Gasteiger partial charge in [0, 0.05) is 25.5 Å². The lowest BCUT2D eigenvalue weighted by atomic mass is 9.43. The summed E-state index contributed by atoms with van der Waals surface area (Å²) in [5.74, 6) is -3.89. The number of carbonyl (C=O) groups excluding carboxylic acids is 2. The van der Waals surface area contributed by atoms with E-state index in [9.17, 15) is 24.9 Å². The highest BCUT2D eigenvalue weighted by Gasteiger charge is 2.88. The second kappa shape index (κ2) is 8.06. The van der Waals surface area contributed by atoms with Gasteiger partial charge in [0.2, 0.25) is 12.1 Å². The van der Waals surface area contributed by atoms with E-state index in [0.29, 0.717) is 37.7 Å². The number of epoxide rings is 1. The van der Waals surface area contributed by atoms with E-state index in [1.807, 2.05) is 19.9 Å². The molecular formula is C30H38O11. The molecule has 0 radical (unpaired) electrons.